The molecule has 0 saturated carbocycles. The van der Waals surface area contributed by atoms with Gasteiger partial charge in [-0.1, -0.05) is 30.3 Å². The summed E-state index contributed by atoms with van der Waals surface area (Å²) < 4.78 is 1.72. The van der Waals surface area contributed by atoms with Crippen molar-refractivity contribution < 1.29 is 4.79 Å². The fourth-order valence-corrected chi connectivity index (χ4v) is 2.79. The Labute approximate surface area is 140 Å². The maximum Gasteiger partial charge on any atom is 0.228 e. The number of benzene rings is 2. The number of hydrogen-bond donors (Lipinski definition) is 0. The Balaban J connectivity index is 1.79. The number of rotatable bonds is 5. The minimum Gasteiger partial charge on any atom is -0.313 e. The van der Waals surface area contributed by atoms with Gasteiger partial charge in [0.25, 0.3) is 0 Å². The predicted molar refractivity (Wildman–Crippen MR) is 95.1 cm³/mol. The van der Waals surface area contributed by atoms with Crippen molar-refractivity contribution in [1.82, 2.24) is 9.78 Å². The molecule has 5 heteroatoms. The minimum atomic E-state index is -0.104. The number of para-hydroxylation sites is 2. The molecule has 1 heterocycles. The van der Waals surface area contributed by atoms with Crippen LogP contribution < -0.4 is 10.3 Å². The lowest BCUT2D eigenvalue weighted by molar-refractivity contribution is -0.118. The van der Waals surface area contributed by atoms with Gasteiger partial charge in [0.2, 0.25) is 11.3 Å². The van der Waals surface area contributed by atoms with Crippen molar-refractivity contribution in [2.75, 3.05) is 11.4 Å². The fourth-order valence-electron chi connectivity index (χ4n) is 2.79. The molecule has 0 fully saturated rings. The third-order valence-corrected chi connectivity index (χ3v) is 3.98. The van der Waals surface area contributed by atoms with Crippen molar-refractivity contribution in [3.05, 3.63) is 71.0 Å². The molecule has 0 unspecified atom stereocenters. The molecule has 0 bridgehead atoms. The van der Waals surface area contributed by atoms with Crippen LogP contribution in [-0.4, -0.2) is 22.2 Å². The summed E-state index contributed by atoms with van der Waals surface area (Å²) in [6, 6.07) is 16.9. The topological polar surface area (TPSA) is 55.2 Å². The van der Waals surface area contributed by atoms with E-state index in [0.717, 1.165) is 11.2 Å². The highest BCUT2D eigenvalue weighted by molar-refractivity contribution is 5.93. The van der Waals surface area contributed by atoms with Crippen LogP contribution in [0.5, 0.6) is 0 Å². The van der Waals surface area contributed by atoms with Crippen molar-refractivity contribution in [2.24, 2.45) is 0 Å². The van der Waals surface area contributed by atoms with Crippen LogP contribution in [0.4, 0.5) is 5.69 Å². The Morgan fingerprint density at radius 1 is 1.08 bits per heavy atom. The molecule has 5 nitrogen and oxygen atoms in total. The number of hydrogen-bond acceptors (Lipinski definition) is 3. The molecule has 0 radical (unpaired) electrons. The van der Waals surface area contributed by atoms with E-state index >= 15 is 0 Å². The molecule has 0 aliphatic rings. The van der Waals surface area contributed by atoms with Crippen molar-refractivity contribution >= 4 is 22.5 Å². The molecule has 24 heavy (non-hydrogen) atoms. The van der Waals surface area contributed by atoms with Gasteiger partial charge in [-0.05, 0) is 31.2 Å². The van der Waals surface area contributed by atoms with Crippen molar-refractivity contribution in [3.63, 3.8) is 0 Å². The van der Waals surface area contributed by atoms with E-state index in [2.05, 4.69) is 5.10 Å². The Bertz CT molecular complexity index is 903. The lowest BCUT2D eigenvalue weighted by Crippen LogP contribution is -2.31. The third-order valence-electron chi connectivity index (χ3n) is 3.98. The van der Waals surface area contributed by atoms with Crippen molar-refractivity contribution in [2.45, 2.75) is 19.9 Å². The smallest absolute Gasteiger partial charge is 0.228 e. The van der Waals surface area contributed by atoms with E-state index in [-0.39, 0.29) is 11.3 Å². The van der Waals surface area contributed by atoms with Crippen LogP contribution in [0.2, 0.25) is 0 Å². The second kappa shape index (κ2) is 7.08. The van der Waals surface area contributed by atoms with Gasteiger partial charge in [-0.2, -0.15) is 5.10 Å². The standard InChI is InChI=1S/C19H19N3O2/c1-2-21(15-8-4-3-5-9-15)19(24)12-13-22-17-11-7-6-10-16(17)18(23)14-20-22/h3-11,14H,2,12-13H2,1H3. The lowest BCUT2D eigenvalue weighted by Gasteiger charge is -2.21. The molecule has 0 aliphatic carbocycles. The normalized spacial score (nSPS) is 10.7. The Morgan fingerprint density at radius 2 is 1.79 bits per heavy atom. The molecule has 0 spiro atoms. The van der Waals surface area contributed by atoms with Gasteiger partial charge in [-0.25, -0.2) is 0 Å². The minimum absolute atomic E-state index is 0.0354. The highest BCUT2D eigenvalue weighted by Gasteiger charge is 2.14. The fraction of sp³-hybridized carbons (Fsp3) is 0.211. The molecule has 0 aliphatic heterocycles. The Morgan fingerprint density at radius 3 is 2.54 bits per heavy atom. The summed E-state index contributed by atoms with van der Waals surface area (Å²) in [4.78, 5) is 26.2. The number of amides is 1. The number of anilines is 1. The van der Waals surface area contributed by atoms with Crippen LogP contribution in [0.15, 0.2) is 65.6 Å². The molecule has 0 N–H and O–H groups in total. The summed E-state index contributed by atoms with van der Waals surface area (Å²) in [7, 11) is 0. The summed E-state index contributed by atoms with van der Waals surface area (Å²) in [5.74, 6) is 0.0354. The van der Waals surface area contributed by atoms with E-state index in [1.165, 1.54) is 6.20 Å². The van der Waals surface area contributed by atoms with Gasteiger partial charge in [-0.3, -0.25) is 14.3 Å². The SMILES string of the molecule is CCN(C(=O)CCn1ncc(=O)c2ccccc21)c1ccccc1. The van der Waals surface area contributed by atoms with Crippen LogP contribution in [-0.2, 0) is 11.3 Å². The zero-order valence-corrected chi connectivity index (χ0v) is 13.6. The van der Waals surface area contributed by atoms with Crippen LogP contribution >= 0.6 is 0 Å². The second-order valence-electron chi connectivity index (χ2n) is 5.47. The first-order chi connectivity index (χ1) is 11.7. The van der Waals surface area contributed by atoms with E-state index in [1.807, 2.05) is 55.5 Å². The maximum absolute atomic E-state index is 12.6. The molecule has 3 aromatic rings. The van der Waals surface area contributed by atoms with Crippen LogP contribution in [0.3, 0.4) is 0 Å². The molecule has 1 aromatic heterocycles. The van der Waals surface area contributed by atoms with Crippen molar-refractivity contribution in [3.8, 4) is 0 Å². The van der Waals surface area contributed by atoms with Gasteiger partial charge in [-0.15, -0.1) is 0 Å². The van der Waals surface area contributed by atoms with Gasteiger partial charge >= 0.3 is 0 Å². The van der Waals surface area contributed by atoms with E-state index in [0.29, 0.717) is 24.9 Å². The van der Waals surface area contributed by atoms with Gasteiger partial charge in [0.05, 0.1) is 18.3 Å². The number of carbonyl (C=O) groups is 1. The number of carbonyl (C=O) groups excluding carboxylic acids is 1. The first-order valence-electron chi connectivity index (χ1n) is 8.01. The Kier molecular flexibility index (Phi) is 4.70. The zero-order chi connectivity index (χ0) is 16.9. The summed E-state index contributed by atoms with van der Waals surface area (Å²) in [5.41, 5.74) is 1.54. The highest BCUT2D eigenvalue weighted by Crippen LogP contribution is 2.15. The number of aromatic nitrogens is 2. The molecular formula is C19H19N3O2. The lowest BCUT2D eigenvalue weighted by atomic mass is 10.2. The highest BCUT2D eigenvalue weighted by atomic mass is 16.2. The van der Waals surface area contributed by atoms with E-state index < -0.39 is 0 Å². The van der Waals surface area contributed by atoms with Gasteiger partial charge in [0.1, 0.15) is 0 Å². The summed E-state index contributed by atoms with van der Waals surface area (Å²) in [6.45, 7) is 3.00. The predicted octanol–water partition coefficient (Wildman–Crippen LogP) is 2.84. The number of aryl methyl sites for hydroxylation is 1. The largest absolute Gasteiger partial charge is 0.313 e. The zero-order valence-electron chi connectivity index (χ0n) is 13.6. The van der Waals surface area contributed by atoms with E-state index in [4.69, 9.17) is 0 Å². The summed E-state index contributed by atoms with van der Waals surface area (Å²) in [6.07, 6.45) is 1.63. The van der Waals surface area contributed by atoms with Gasteiger partial charge < -0.3 is 4.90 Å². The molecule has 122 valence electrons. The average Bonchev–Trinajstić information content (AvgIpc) is 2.63. The average molecular weight is 321 g/mol. The summed E-state index contributed by atoms with van der Waals surface area (Å²) in [5, 5.41) is 4.79. The molecule has 0 atom stereocenters. The van der Waals surface area contributed by atoms with Crippen LogP contribution in [0, 0.1) is 0 Å². The van der Waals surface area contributed by atoms with Crippen LogP contribution in [0.1, 0.15) is 13.3 Å². The Hall–Kier alpha value is -2.95. The first-order valence-corrected chi connectivity index (χ1v) is 8.01. The quantitative estimate of drug-likeness (QED) is 0.726. The molecule has 2 aromatic carbocycles. The van der Waals surface area contributed by atoms with Crippen molar-refractivity contribution in [1.29, 1.82) is 0 Å². The molecule has 0 saturated heterocycles. The maximum atomic E-state index is 12.6. The van der Waals surface area contributed by atoms with E-state index in [9.17, 15) is 9.59 Å². The van der Waals surface area contributed by atoms with Gasteiger partial charge in [0, 0.05) is 24.0 Å². The second-order valence-corrected chi connectivity index (χ2v) is 5.47. The first kappa shape index (κ1) is 15.9. The monoisotopic (exact) mass is 321 g/mol. The van der Waals surface area contributed by atoms with Crippen LogP contribution in [0.25, 0.3) is 10.9 Å². The number of nitrogens with zero attached hydrogens (tertiary/aromatic N) is 3. The molecular weight excluding hydrogens is 302 g/mol. The number of fused-ring (bicyclic) bond motifs is 1. The third kappa shape index (κ3) is 3.20. The molecule has 1 amide bonds. The van der Waals surface area contributed by atoms with E-state index in [1.54, 1.807) is 15.6 Å². The molecule has 3 rings (SSSR count). The summed E-state index contributed by atoms with van der Waals surface area (Å²) >= 11 is 0. The van der Waals surface area contributed by atoms with Gasteiger partial charge in [0.15, 0.2) is 0 Å².